The number of hydrogen-bond donors (Lipinski definition) is 1. The van der Waals surface area contributed by atoms with Crippen molar-refractivity contribution in [3.05, 3.63) is 22.4 Å². The van der Waals surface area contributed by atoms with Crippen LogP contribution in [0.3, 0.4) is 0 Å². The van der Waals surface area contributed by atoms with Gasteiger partial charge in [-0.25, -0.2) is 0 Å². The van der Waals surface area contributed by atoms with Crippen molar-refractivity contribution >= 4 is 23.2 Å². The SMILES string of the molecule is CC1NC(=O)COC12CCN(C(=O)Cc1ccsc1)CC2. The molecule has 114 valence electrons. The molecule has 0 aromatic carbocycles. The van der Waals surface area contributed by atoms with Gasteiger partial charge in [0.1, 0.15) is 6.61 Å². The van der Waals surface area contributed by atoms with Crippen molar-refractivity contribution < 1.29 is 14.3 Å². The van der Waals surface area contributed by atoms with Crippen LogP contribution in [0.5, 0.6) is 0 Å². The molecule has 0 aliphatic carbocycles. The van der Waals surface area contributed by atoms with Gasteiger partial charge in [0.15, 0.2) is 0 Å². The van der Waals surface area contributed by atoms with Gasteiger partial charge in [-0.05, 0) is 42.2 Å². The van der Waals surface area contributed by atoms with E-state index in [9.17, 15) is 9.59 Å². The second-order valence-corrected chi connectivity index (χ2v) is 6.61. The zero-order valence-electron chi connectivity index (χ0n) is 12.1. The highest BCUT2D eigenvalue weighted by molar-refractivity contribution is 7.07. The normalized spacial score (nSPS) is 24.9. The summed E-state index contributed by atoms with van der Waals surface area (Å²) in [6.07, 6.45) is 2.04. The van der Waals surface area contributed by atoms with Gasteiger partial charge < -0.3 is 15.0 Å². The molecule has 2 aliphatic heterocycles. The average Bonchev–Trinajstić information content (AvgIpc) is 2.97. The first-order valence-corrected chi connectivity index (χ1v) is 8.25. The molecule has 1 aromatic rings. The fourth-order valence-corrected chi connectivity index (χ4v) is 3.81. The maximum absolute atomic E-state index is 12.3. The molecule has 2 amide bonds. The molecule has 1 unspecified atom stereocenters. The third kappa shape index (κ3) is 2.96. The van der Waals surface area contributed by atoms with Gasteiger partial charge in [0.2, 0.25) is 11.8 Å². The number of carbonyl (C=O) groups is 2. The Morgan fingerprint density at radius 3 is 2.90 bits per heavy atom. The van der Waals surface area contributed by atoms with Crippen molar-refractivity contribution in [2.24, 2.45) is 0 Å². The molecular weight excluding hydrogens is 288 g/mol. The fourth-order valence-electron chi connectivity index (χ4n) is 3.14. The largest absolute Gasteiger partial charge is 0.363 e. The zero-order valence-corrected chi connectivity index (χ0v) is 12.9. The molecule has 2 aliphatic rings. The Morgan fingerprint density at radius 2 is 2.29 bits per heavy atom. The third-order valence-electron chi connectivity index (χ3n) is 4.56. The van der Waals surface area contributed by atoms with Crippen molar-refractivity contribution in [1.29, 1.82) is 0 Å². The number of morpholine rings is 1. The number of carbonyl (C=O) groups excluding carboxylic acids is 2. The van der Waals surface area contributed by atoms with Gasteiger partial charge in [-0.15, -0.1) is 0 Å². The minimum atomic E-state index is -0.299. The summed E-state index contributed by atoms with van der Waals surface area (Å²) in [6.45, 7) is 3.51. The van der Waals surface area contributed by atoms with E-state index >= 15 is 0 Å². The summed E-state index contributed by atoms with van der Waals surface area (Å²) in [7, 11) is 0. The second-order valence-electron chi connectivity index (χ2n) is 5.83. The molecule has 3 rings (SSSR count). The van der Waals surface area contributed by atoms with Gasteiger partial charge in [0.05, 0.1) is 18.1 Å². The monoisotopic (exact) mass is 308 g/mol. The number of nitrogens with zero attached hydrogens (tertiary/aromatic N) is 1. The van der Waals surface area contributed by atoms with E-state index in [4.69, 9.17) is 4.74 Å². The van der Waals surface area contributed by atoms with Gasteiger partial charge in [0, 0.05) is 13.1 Å². The van der Waals surface area contributed by atoms with E-state index in [1.165, 1.54) is 0 Å². The summed E-state index contributed by atoms with van der Waals surface area (Å²) in [4.78, 5) is 25.6. The molecule has 0 saturated carbocycles. The van der Waals surface area contributed by atoms with E-state index in [1.54, 1.807) is 11.3 Å². The molecule has 5 nitrogen and oxygen atoms in total. The Morgan fingerprint density at radius 1 is 1.52 bits per heavy atom. The Labute approximate surface area is 128 Å². The minimum Gasteiger partial charge on any atom is -0.363 e. The quantitative estimate of drug-likeness (QED) is 0.893. The molecule has 3 heterocycles. The average molecular weight is 308 g/mol. The van der Waals surface area contributed by atoms with Crippen LogP contribution in [-0.4, -0.2) is 48.1 Å². The molecule has 1 aromatic heterocycles. The molecule has 21 heavy (non-hydrogen) atoms. The summed E-state index contributed by atoms with van der Waals surface area (Å²) >= 11 is 1.62. The fraction of sp³-hybridized carbons (Fsp3) is 0.600. The van der Waals surface area contributed by atoms with Crippen molar-refractivity contribution in [3.63, 3.8) is 0 Å². The Hall–Kier alpha value is -1.40. The summed E-state index contributed by atoms with van der Waals surface area (Å²) in [6, 6.07) is 2.00. The van der Waals surface area contributed by atoms with E-state index in [1.807, 2.05) is 28.7 Å². The zero-order chi connectivity index (χ0) is 14.9. The van der Waals surface area contributed by atoms with Crippen LogP contribution in [-0.2, 0) is 20.7 Å². The van der Waals surface area contributed by atoms with Crippen LogP contribution in [0.1, 0.15) is 25.3 Å². The molecule has 1 spiro atoms. The minimum absolute atomic E-state index is 0.00729. The highest BCUT2D eigenvalue weighted by atomic mass is 32.1. The van der Waals surface area contributed by atoms with E-state index < -0.39 is 0 Å². The molecule has 0 bridgehead atoms. The van der Waals surface area contributed by atoms with Crippen LogP contribution in [0, 0.1) is 0 Å². The van der Waals surface area contributed by atoms with E-state index in [2.05, 4.69) is 5.32 Å². The Kier molecular flexibility index (Phi) is 3.99. The van der Waals surface area contributed by atoms with Crippen LogP contribution in [0.15, 0.2) is 16.8 Å². The van der Waals surface area contributed by atoms with Gasteiger partial charge >= 0.3 is 0 Å². The lowest BCUT2D eigenvalue weighted by Gasteiger charge is -2.47. The predicted octanol–water partition coefficient (Wildman–Crippen LogP) is 1.19. The first-order valence-electron chi connectivity index (χ1n) is 7.31. The lowest BCUT2D eigenvalue weighted by atomic mass is 9.83. The number of amides is 2. The molecule has 0 radical (unpaired) electrons. The van der Waals surface area contributed by atoms with Crippen LogP contribution in [0.25, 0.3) is 0 Å². The Balaban J connectivity index is 1.57. The smallest absolute Gasteiger partial charge is 0.246 e. The van der Waals surface area contributed by atoms with Gasteiger partial charge in [0.25, 0.3) is 0 Å². The highest BCUT2D eigenvalue weighted by Crippen LogP contribution is 2.32. The van der Waals surface area contributed by atoms with E-state index in [0.29, 0.717) is 19.5 Å². The van der Waals surface area contributed by atoms with Crippen molar-refractivity contribution in [3.8, 4) is 0 Å². The molecule has 1 N–H and O–H groups in total. The summed E-state index contributed by atoms with van der Waals surface area (Å²) in [5, 5.41) is 6.97. The van der Waals surface area contributed by atoms with Gasteiger partial charge in [-0.3, -0.25) is 9.59 Å². The number of nitrogens with one attached hydrogen (secondary N) is 1. The van der Waals surface area contributed by atoms with Crippen molar-refractivity contribution in [2.45, 2.75) is 37.8 Å². The number of piperidine rings is 1. The van der Waals surface area contributed by atoms with Crippen LogP contribution >= 0.6 is 11.3 Å². The van der Waals surface area contributed by atoms with E-state index in [-0.39, 0.29) is 30.1 Å². The maximum Gasteiger partial charge on any atom is 0.246 e. The number of hydrogen-bond acceptors (Lipinski definition) is 4. The van der Waals surface area contributed by atoms with Gasteiger partial charge in [-0.1, -0.05) is 0 Å². The number of thiophene rings is 1. The van der Waals surface area contributed by atoms with Crippen LogP contribution < -0.4 is 5.32 Å². The van der Waals surface area contributed by atoms with Crippen LogP contribution in [0.2, 0.25) is 0 Å². The molecule has 6 heteroatoms. The second kappa shape index (κ2) is 5.77. The molecule has 2 fully saturated rings. The predicted molar refractivity (Wildman–Crippen MR) is 80.1 cm³/mol. The first-order chi connectivity index (χ1) is 10.1. The highest BCUT2D eigenvalue weighted by Gasteiger charge is 2.44. The summed E-state index contributed by atoms with van der Waals surface area (Å²) in [5.74, 6) is 0.125. The molecular formula is C15H20N2O3S. The van der Waals surface area contributed by atoms with E-state index in [0.717, 1.165) is 18.4 Å². The Bertz CT molecular complexity index is 521. The number of ether oxygens (including phenoxy) is 1. The lowest BCUT2D eigenvalue weighted by molar-refractivity contribution is -0.163. The maximum atomic E-state index is 12.3. The summed E-state index contributed by atoms with van der Waals surface area (Å²) in [5.41, 5.74) is 0.785. The molecule has 2 saturated heterocycles. The molecule has 1 atom stereocenters. The summed E-state index contributed by atoms with van der Waals surface area (Å²) < 4.78 is 5.82. The van der Waals surface area contributed by atoms with Gasteiger partial charge in [-0.2, -0.15) is 11.3 Å². The van der Waals surface area contributed by atoms with Crippen molar-refractivity contribution in [2.75, 3.05) is 19.7 Å². The standard InChI is InChI=1S/C15H20N2O3S/c1-11-15(20-9-13(18)16-11)3-5-17(6-4-15)14(19)8-12-2-7-21-10-12/h2,7,10-11H,3-6,8-9H2,1H3,(H,16,18). The lowest BCUT2D eigenvalue weighted by Crippen LogP contribution is -2.63. The number of likely N-dealkylation sites (tertiary alicyclic amines) is 1. The van der Waals surface area contributed by atoms with Crippen molar-refractivity contribution in [1.82, 2.24) is 10.2 Å². The van der Waals surface area contributed by atoms with Crippen LogP contribution in [0.4, 0.5) is 0 Å². The number of rotatable bonds is 2. The first kappa shape index (κ1) is 14.5. The topological polar surface area (TPSA) is 58.6 Å². The third-order valence-corrected chi connectivity index (χ3v) is 5.29.